The SMILES string of the molecule is Cl.NC1CCCC1C(=O)NC1CCCS(=O)(=O)C1. The van der Waals surface area contributed by atoms with Gasteiger partial charge in [-0.3, -0.25) is 4.79 Å². The van der Waals surface area contributed by atoms with Crippen LogP contribution in [-0.4, -0.2) is 37.9 Å². The minimum atomic E-state index is -2.96. The van der Waals surface area contributed by atoms with Gasteiger partial charge < -0.3 is 11.1 Å². The Labute approximate surface area is 114 Å². The quantitative estimate of drug-likeness (QED) is 0.763. The highest BCUT2D eigenvalue weighted by molar-refractivity contribution is 7.91. The van der Waals surface area contributed by atoms with Crippen molar-refractivity contribution in [1.82, 2.24) is 5.32 Å². The Morgan fingerprint density at radius 1 is 1.17 bits per heavy atom. The summed E-state index contributed by atoms with van der Waals surface area (Å²) in [5, 5.41) is 2.85. The highest BCUT2D eigenvalue weighted by Gasteiger charge is 2.33. The standard InChI is InChI=1S/C11H20N2O3S.ClH/c12-10-5-1-4-9(10)11(14)13-8-3-2-6-17(15,16)7-8;/h8-10H,1-7,12H2,(H,13,14);1H. The Kier molecular flexibility index (Phi) is 5.43. The molecule has 1 saturated carbocycles. The van der Waals surface area contributed by atoms with Crippen LogP contribution in [-0.2, 0) is 14.6 Å². The van der Waals surface area contributed by atoms with Crippen LogP contribution in [0.2, 0.25) is 0 Å². The van der Waals surface area contributed by atoms with Crippen LogP contribution in [0.1, 0.15) is 32.1 Å². The molecule has 1 amide bonds. The molecule has 0 spiro atoms. The van der Waals surface area contributed by atoms with Gasteiger partial charge in [-0.05, 0) is 25.7 Å². The van der Waals surface area contributed by atoms with E-state index in [1.54, 1.807) is 0 Å². The van der Waals surface area contributed by atoms with Crippen molar-refractivity contribution in [3.05, 3.63) is 0 Å². The van der Waals surface area contributed by atoms with E-state index < -0.39 is 9.84 Å². The molecule has 0 aromatic heterocycles. The topological polar surface area (TPSA) is 89.3 Å². The number of rotatable bonds is 2. The monoisotopic (exact) mass is 296 g/mol. The largest absolute Gasteiger partial charge is 0.352 e. The summed E-state index contributed by atoms with van der Waals surface area (Å²) in [6.07, 6.45) is 4.10. The number of nitrogens with two attached hydrogens (primary N) is 1. The van der Waals surface area contributed by atoms with Crippen LogP contribution in [0.15, 0.2) is 0 Å². The maximum Gasteiger partial charge on any atom is 0.224 e. The molecule has 2 aliphatic rings. The number of sulfone groups is 1. The fraction of sp³-hybridized carbons (Fsp3) is 0.909. The van der Waals surface area contributed by atoms with Crippen LogP contribution in [0, 0.1) is 5.92 Å². The lowest BCUT2D eigenvalue weighted by molar-refractivity contribution is -0.125. The first-order valence-electron chi connectivity index (χ1n) is 6.24. The van der Waals surface area contributed by atoms with Crippen LogP contribution in [0.25, 0.3) is 0 Å². The van der Waals surface area contributed by atoms with Gasteiger partial charge in [-0.2, -0.15) is 0 Å². The second-order valence-corrected chi connectivity index (χ2v) is 7.39. The van der Waals surface area contributed by atoms with E-state index in [-0.39, 0.29) is 47.8 Å². The van der Waals surface area contributed by atoms with Gasteiger partial charge in [-0.25, -0.2) is 8.42 Å². The fourth-order valence-electron chi connectivity index (χ4n) is 2.76. The van der Waals surface area contributed by atoms with Gasteiger partial charge in [-0.15, -0.1) is 12.4 Å². The van der Waals surface area contributed by atoms with Crippen molar-refractivity contribution in [1.29, 1.82) is 0 Å². The van der Waals surface area contributed by atoms with Gasteiger partial charge in [0.15, 0.2) is 9.84 Å². The molecule has 5 nitrogen and oxygen atoms in total. The van der Waals surface area contributed by atoms with Gasteiger partial charge in [-0.1, -0.05) is 6.42 Å². The van der Waals surface area contributed by atoms with Crippen molar-refractivity contribution in [2.45, 2.75) is 44.2 Å². The number of hydrogen-bond acceptors (Lipinski definition) is 4. The van der Waals surface area contributed by atoms with Crippen molar-refractivity contribution < 1.29 is 13.2 Å². The summed E-state index contributed by atoms with van der Waals surface area (Å²) in [4.78, 5) is 11.9. The number of carbonyl (C=O) groups excluding carboxylic acids is 1. The molecule has 106 valence electrons. The summed E-state index contributed by atoms with van der Waals surface area (Å²) in [5.41, 5.74) is 5.86. The van der Waals surface area contributed by atoms with Crippen LogP contribution in [0.5, 0.6) is 0 Å². The lowest BCUT2D eigenvalue weighted by Crippen LogP contribution is -2.47. The molecule has 0 bridgehead atoms. The fourth-order valence-corrected chi connectivity index (χ4v) is 4.40. The smallest absolute Gasteiger partial charge is 0.224 e. The third-order valence-corrected chi connectivity index (χ3v) is 5.54. The maximum atomic E-state index is 11.9. The Morgan fingerprint density at radius 3 is 2.44 bits per heavy atom. The van der Waals surface area contributed by atoms with E-state index in [2.05, 4.69) is 5.32 Å². The Morgan fingerprint density at radius 2 is 1.89 bits per heavy atom. The zero-order chi connectivity index (χ0) is 12.5. The summed E-state index contributed by atoms with van der Waals surface area (Å²) in [6, 6.07) is -0.274. The summed E-state index contributed by atoms with van der Waals surface area (Å²) in [6.45, 7) is 0. The molecular weight excluding hydrogens is 276 g/mol. The van der Waals surface area contributed by atoms with Crippen molar-refractivity contribution in [2.75, 3.05) is 11.5 Å². The second-order valence-electron chi connectivity index (χ2n) is 5.16. The molecule has 1 aliphatic carbocycles. The predicted octanol–water partition coefficient (Wildman–Crippen LogP) is 0.229. The van der Waals surface area contributed by atoms with Gasteiger partial charge in [0.05, 0.1) is 17.4 Å². The van der Waals surface area contributed by atoms with E-state index in [4.69, 9.17) is 5.73 Å². The lowest BCUT2D eigenvalue weighted by Gasteiger charge is -2.25. The van der Waals surface area contributed by atoms with E-state index in [1.165, 1.54) is 0 Å². The highest BCUT2D eigenvalue weighted by atomic mass is 35.5. The van der Waals surface area contributed by atoms with Crippen LogP contribution in [0.4, 0.5) is 0 Å². The number of halogens is 1. The molecule has 18 heavy (non-hydrogen) atoms. The molecule has 0 aromatic carbocycles. The third-order valence-electron chi connectivity index (χ3n) is 3.72. The molecule has 1 aliphatic heterocycles. The summed E-state index contributed by atoms with van der Waals surface area (Å²) in [5.74, 6) is 0.153. The normalized spacial score (nSPS) is 34.6. The molecule has 2 rings (SSSR count). The van der Waals surface area contributed by atoms with Gasteiger partial charge >= 0.3 is 0 Å². The van der Waals surface area contributed by atoms with Crippen molar-refractivity contribution >= 4 is 28.2 Å². The zero-order valence-electron chi connectivity index (χ0n) is 10.3. The molecule has 1 heterocycles. The van der Waals surface area contributed by atoms with Crippen LogP contribution < -0.4 is 11.1 Å². The van der Waals surface area contributed by atoms with Gasteiger partial charge in [0, 0.05) is 12.1 Å². The minimum Gasteiger partial charge on any atom is -0.352 e. The van der Waals surface area contributed by atoms with E-state index in [0.29, 0.717) is 6.42 Å². The molecule has 1 saturated heterocycles. The van der Waals surface area contributed by atoms with Crippen LogP contribution in [0.3, 0.4) is 0 Å². The average Bonchev–Trinajstić information content (AvgIpc) is 2.62. The van der Waals surface area contributed by atoms with Crippen molar-refractivity contribution in [3.63, 3.8) is 0 Å². The van der Waals surface area contributed by atoms with Crippen molar-refractivity contribution in [2.24, 2.45) is 11.7 Å². The van der Waals surface area contributed by atoms with E-state index in [9.17, 15) is 13.2 Å². The number of nitrogens with one attached hydrogen (secondary N) is 1. The molecule has 7 heteroatoms. The number of hydrogen-bond donors (Lipinski definition) is 2. The third kappa shape index (κ3) is 3.83. The molecule has 3 unspecified atom stereocenters. The highest BCUT2D eigenvalue weighted by Crippen LogP contribution is 2.24. The van der Waals surface area contributed by atoms with E-state index in [1.807, 2.05) is 0 Å². The molecule has 0 aromatic rings. The Balaban J connectivity index is 0.00000162. The molecule has 3 N–H and O–H groups in total. The molecule has 3 atom stereocenters. The molecule has 2 fully saturated rings. The van der Waals surface area contributed by atoms with E-state index >= 15 is 0 Å². The zero-order valence-corrected chi connectivity index (χ0v) is 11.9. The number of amides is 1. The van der Waals surface area contributed by atoms with E-state index in [0.717, 1.165) is 25.7 Å². The van der Waals surface area contributed by atoms with Gasteiger partial charge in [0.25, 0.3) is 0 Å². The minimum absolute atomic E-state index is 0. The Bertz CT molecular complexity index is 399. The van der Waals surface area contributed by atoms with Crippen molar-refractivity contribution in [3.8, 4) is 0 Å². The van der Waals surface area contributed by atoms with Gasteiger partial charge in [0.1, 0.15) is 0 Å². The maximum absolute atomic E-state index is 11.9. The first-order chi connectivity index (χ1) is 7.98. The summed E-state index contributed by atoms with van der Waals surface area (Å²) >= 11 is 0. The number of carbonyl (C=O) groups is 1. The second kappa shape index (κ2) is 6.21. The predicted molar refractivity (Wildman–Crippen MR) is 72.4 cm³/mol. The molecular formula is C11H21ClN2O3S. The lowest BCUT2D eigenvalue weighted by atomic mass is 10.0. The molecule has 0 radical (unpaired) electrons. The first kappa shape index (κ1) is 15.7. The summed E-state index contributed by atoms with van der Waals surface area (Å²) < 4.78 is 22.9. The van der Waals surface area contributed by atoms with Crippen LogP contribution >= 0.6 is 12.4 Å². The Hall–Kier alpha value is -0.330. The average molecular weight is 297 g/mol. The van der Waals surface area contributed by atoms with Gasteiger partial charge in [0.2, 0.25) is 5.91 Å². The summed E-state index contributed by atoms with van der Waals surface area (Å²) in [7, 11) is -2.96. The first-order valence-corrected chi connectivity index (χ1v) is 8.06.